The second kappa shape index (κ2) is 3.23. The van der Waals surface area contributed by atoms with Crippen LogP contribution in [0.3, 0.4) is 0 Å². The Balaban J connectivity index is 2.64. The molecule has 1 heterocycles. The minimum Gasteiger partial charge on any atom is -0.374 e. The van der Waals surface area contributed by atoms with Crippen molar-refractivity contribution in [3.63, 3.8) is 0 Å². The van der Waals surface area contributed by atoms with E-state index in [0.29, 0.717) is 11.4 Å². The molecule has 6 heteroatoms. The van der Waals surface area contributed by atoms with Gasteiger partial charge in [-0.2, -0.15) is 0 Å². The molecule has 0 spiro atoms. The number of amides is 1. The first-order chi connectivity index (χ1) is 6.98. The molecule has 5 nitrogen and oxygen atoms in total. The van der Waals surface area contributed by atoms with Gasteiger partial charge in [-0.25, -0.2) is 8.42 Å². The van der Waals surface area contributed by atoms with Gasteiger partial charge in [0.25, 0.3) is 0 Å². The maximum atomic E-state index is 11.4. The van der Waals surface area contributed by atoms with Crippen molar-refractivity contribution < 1.29 is 13.2 Å². The Hall–Kier alpha value is -1.56. The molecule has 0 unspecified atom stereocenters. The largest absolute Gasteiger partial charge is 0.374 e. The Morgan fingerprint density at radius 3 is 2.73 bits per heavy atom. The van der Waals surface area contributed by atoms with Crippen molar-refractivity contribution in [2.45, 2.75) is 4.90 Å². The summed E-state index contributed by atoms with van der Waals surface area (Å²) in [5, 5.41) is 5.40. The molecule has 0 atom stereocenters. The maximum absolute atomic E-state index is 11.4. The third-order valence-electron chi connectivity index (χ3n) is 2.13. The SMILES string of the molecule is CS(=O)(=O)c1cccc2c1NC(=O)CN2. The molecule has 0 saturated heterocycles. The van der Waals surface area contributed by atoms with Crippen LogP contribution in [0.25, 0.3) is 0 Å². The van der Waals surface area contributed by atoms with E-state index in [4.69, 9.17) is 0 Å². The average Bonchev–Trinajstić information content (AvgIpc) is 2.15. The average molecular weight is 226 g/mol. The van der Waals surface area contributed by atoms with Crippen molar-refractivity contribution in [1.29, 1.82) is 0 Å². The monoisotopic (exact) mass is 226 g/mol. The summed E-state index contributed by atoms with van der Waals surface area (Å²) in [6.07, 6.45) is 1.11. The topological polar surface area (TPSA) is 75.3 Å². The molecule has 1 amide bonds. The summed E-state index contributed by atoms with van der Waals surface area (Å²) >= 11 is 0. The highest BCUT2D eigenvalue weighted by Gasteiger charge is 2.21. The zero-order valence-corrected chi connectivity index (χ0v) is 8.89. The molecule has 1 aromatic rings. The van der Waals surface area contributed by atoms with Crippen molar-refractivity contribution >= 4 is 27.1 Å². The Morgan fingerprint density at radius 1 is 1.33 bits per heavy atom. The molecule has 15 heavy (non-hydrogen) atoms. The van der Waals surface area contributed by atoms with Gasteiger partial charge in [0.1, 0.15) is 0 Å². The van der Waals surface area contributed by atoms with E-state index in [1.54, 1.807) is 12.1 Å². The lowest BCUT2D eigenvalue weighted by molar-refractivity contribution is -0.114. The minimum atomic E-state index is -3.32. The van der Waals surface area contributed by atoms with E-state index in [9.17, 15) is 13.2 Å². The molecule has 80 valence electrons. The quantitative estimate of drug-likeness (QED) is 0.729. The number of hydrogen-bond donors (Lipinski definition) is 2. The highest BCUT2D eigenvalue weighted by Crippen LogP contribution is 2.31. The van der Waals surface area contributed by atoms with E-state index in [-0.39, 0.29) is 17.3 Å². The smallest absolute Gasteiger partial charge is 0.243 e. The van der Waals surface area contributed by atoms with Crippen LogP contribution in [0.2, 0.25) is 0 Å². The summed E-state index contributed by atoms with van der Waals surface area (Å²) in [5.41, 5.74) is 0.980. The van der Waals surface area contributed by atoms with Crippen molar-refractivity contribution in [3.05, 3.63) is 18.2 Å². The number of benzene rings is 1. The van der Waals surface area contributed by atoms with Gasteiger partial charge in [-0.15, -0.1) is 0 Å². The summed E-state index contributed by atoms with van der Waals surface area (Å²) in [4.78, 5) is 11.3. The van der Waals surface area contributed by atoms with Gasteiger partial charge >= 0.3 is 0 Å². The highest BCUT2D eigenvalue weighted by atomic mass is 32.2. The van der Waals surface area contributed by atoms with E-state index in [1.807, 2.05) is 0 Å². The molecular weight excluding hydrogens is 216 g/mol. The van der Waals surface area contributed by atoms with Gasteiger partial charge in [-0.05, 0) is 12.1 Å². The fraction of sp³-hybridized carbons (Fsp3) is 0.222. The van der Waals surface area contributed by atoms with Crippen LogP contribution < -0.4 is 10.6 Å². The molecule has 0 fully saturated rings. The summed E-state index contributed by atoms with van der Waals surface area (Å²) in [6.45, 7) is 0.167. The van der Waals surface area contributed by atoms with Gasteiger partial charge in [0.2, 0.25) is 5.91 Å². The lowest BCUT2D eigenvalue weighted by Gasteiger charge is -2.20. The lowest BCUT2D eigenvalue weighted by Crippen LogP contribution is -2.28. The molecule has 1 aliphatic heterocycles. The van der Waals surface area contributed by atoms with Crippen molar-refractivity contribution in [2.75, 3.05) is 23.4 Å². The van der Waals surface area contributed by atoms with Crippen LogP contribution in [0.15, 0.2) is 23.1 Å². The number of carbonyl (C=O) groups excluding carboxylic acids is 1. The number of para-hydroxylation sites is 1. The summed E-state index contributed by atoms with van der Waals surface area (Å²) in [6, 6.07) is 4.84. The molecule has 0 bridgehead atoms. The normalized spacial score (nSPS) is 15.1. The summed E-state index contributed by atoms with van der Waals surface area (Å²) < 4.78 is 22.9. The Bertz CT molecular complexity index is 522. The van der Waals surface area contributed by atoms with E-state index in [0.717, 1.165) is 6.26 Å². The predicted octanol–water partition coefficient (Wildman–Crippen LogP) is 0.454. The van der Waals surface area contributed by atoms with Gasteiger partial charge in [-0.3, -0.25) is 4.79 Å². The summed E-state index contributed by atoms with van der Waals surface area (Å²) in [5.74, 6) is -0.237. The predicted molar refractivity (Wildman–Crippen MR) is 56.7 cm³/mol. The van der Waals surface area contributed by atoms with Gasteiger partial charge < -0.3 is 10.6 Å². The molecule has 0 saturated carbocycles. The fourth-order valence-electron chi connectivity index (χ4n) is 1.48. The summed E-state index contributed by atoms with van der Waals surface area (Å²) in [7, 11) is -3.32. The van der Waals surface area contributed by atoms with Crippen LogP contribution in [-0.4, -0.2) is 27.1 Å². The van der Waals surface area contributed by atoms with Crippen LogP contribution in [-0.2, 0) is 14.6 Å². The van der Waals surface area contributed by atoms with Gasteiger partial charge in [0, 0.05) is 6.26 Å². The number of rotatable bonds is 1. The molecule has 1 aliphatic rings. The number of carbonyl (C=O) groups is 1. The van der Waals surface area contributed by atoms with E-state index >= 15 is 0 Å². The Labute approximate surface area is 87.4 Å². The van der Waals surface area contributed by atoms with Crippen molar-refractivity contribution in [2.24, 2.45) is 0 Å². The number of sulfone groups is 1. The van der Waals surface area contributed by atoms with E-state index < -0.39 is 9.84 Å². The maximum Gasteiger partial charge on any atom is 0.243 e. The van der Waals surface area contributed by atoms with Crippen LogP contribution in [0.5, 0.6) is 0 Å². The molecule has 2 rings (SSSR count). The van der Waals surface area contributed by atoms with Crippen molar-refractivity contribution in [3.8, 4) is 0 Å². The van der Waals surface area contributed by atoms with Crippen LogP contribution in [0.4, 0.5) is 11.4 Å². The van der Waals surface area contributed by atoms with Gasteiger partial charge in [0.15, 0.2) is 9.84 Å². The zero-order valence-electron chi connectivity index (χ0n) is 8.07. The molecule has 0 aromatic heterocycles. The highest BCUT2D eigenvalue weighted by molar-refractivity contribution is 7.90. The minimum absolute atomic E-state index is 0.139. The Morgan fingerprint density at radius 2 is 2.07 bits per heavy atom. The first-order valence-corrected chi connectivity index (χ1v) is 6.24. The second-order valence-electron chi connectivity index (χ2n) is 3.35. The number of anilines is 2. The third kappa shape index (κ3) is 1.80. The van der Waals surface area contributed by atoms with Crippen LogP contribution in [0, 0.1) is 0 Å². The van der Waals surface area contributed by atoms with Crippen molar-refractivity contribution in [1.82, 2.24) is 0 Å². The van der Waals surface area contributed by atoms with E-state index in [2.05, 4.69) is 10.6 Å². The lowest BCUT2D eigenvalue weighted by atomic mass is 10.2. The first kappa shape index (κ1) is 9.97. The number of hydrogen-bond acceptors (Lipinski definition) is 4. The molecule has 1 aromatic carbocycles. The fourth-order valence-corrected chi connectivity index (χ4v) is 2.33. The van der Waals surface area contributed by atoms with Crippen LogP contribution in [0.1, 0.15) is 0 Å². The first-order valence-electron chi connectivity index (χ1n) is 4.35. The third-order valence-corrected chi connectivity index (χ3v) is 3.27. The van der Waals surface area contributed by atoms with Gasteiger partial charge in [-0.1, -0.05) is 6.07 Å². The molecular formula is C9H10N2O3S. The second-order valence-corrected chi connectivity index (χ2v) is 5.34. The Kier molecular flexibility index (Phi) is 2.15. The van der Waals surface area contributed by atoms with Gasteiger partial charge in [0.05, 0.1) is 22.8 Å². The number of nitrogens with one attached hydrogen (secondary N) is 2. The molecule has 2 N–H and O–H groups in total. The van der Waals surface area contributed by atoms with E-state index in [1.165, 1.54) is 6.07 Å². The zero-order chi connectivity index (χ0) is 11.1. The number of fused-ring (bicyclic) bond motifs is 1. The standard InChI is InChI=1S/C9H10N2O3S/c1-15(13,14)7-4-2-3-6-9(7)11-8(12)5-10-6/h2-4,10H,5H2,1H3,(H,11,12). The molecule has 0 aliphatic carbocycles. The van der Waals surface area contributed by atoms with Crippen LogP contribution >= 0.6 is 0 Å². The molecule has 0 radical (unpaired) electrons.